The summed E-state index contributed by atoms with van der Waals surface area (Å²) in [6, 6.07) is 0. The molecule has 1 heteroatoms. The molecule has 0 radical (unpaired) electrons. The van der Waals surface area contributed by atoms with Crippen LogP contribution in [0.15, 0.2) is 12.2 Å². The van der Waals surface area contributed by atoms with Gasteiger partial charge >= 0.3 is 0 Å². The van der Waals surface area contributed by atoms with Gasteiger partial charge in [-0.15, -0.1) is 0 Å². The smallest absolute Gasteiger partial charge is 0.0539 e. The Bertz CT molecular complexity index is 162. The Labute approximate surface area is 55.7 Å². The molecule has 1 nitrogen and oxygen atoms in total. The summed E-state index contributed by atoms with van der Waals surface area (Å²) in [5.74, 6) is 0.700. The highest BCUT2D eigenvalue weighted by Crippen LogP contribution is 2.61. The maximum Gasteiger partial charge on any atom is 0.0539 e. The summed E-state index contributed by atoms with van der Waals surface area (Å²) < 4.78 is 5.30. The van der Waals surface area contributed by atoms with Gasteiger partial charge in [0, 0.05) is 12.5 Å². The topological polar surface area (TPSA) is 9.23 Å². The molecule has 1 saturated carbocycles. The van der Waals surface area contributed by atoms with Gasteiger partial charge in [0.25, 0.3) is 0 Å². The first-order valence-corrected chi connectivity index (χ1v) is 3.52. The minimum atomic E-state index is 0.484. The molecule has 2 fully saturated rings. The van der Waals surface area contributed by atoms with Gasteiger partial charge < -0.3 is 4.74 Å². The van der Waals surface area contributed by atoms with E-state index in [2.05, 4.69) is 13.5 Å². The van der Waals surface area contributed by atoms with E-state index in [1.807, 2.05) is 0 Å². The van der Waals surface area contributed by atoms with E-state index in [-0.39, 0.29) is 0 Å². The minimum Gasteiger partial charge on any atom is -0.381 e. The third-order valence-corrected chi connectivity index (χ3v) is 2.89. The van der Waals surface area contributed by atoms with Crippen LogP contribution in [-0.2, 0) is 4.74 Å². The molecule has 2 rings (SSSR count). The maximum atomic E-state index is 5.30. The zero-order chi connectivity index (χ0) is 6.48. The van der Waals surface area contributed by atoms with Crippen molar-refractivity contribution in [1.82, 2.24) is 0 Å². The second kappa shape index (κ2) is 1.40. The summed E-state index contributed by atoms with van der Waals surface area (Å²) in [5.41, 5.74) is 1.90. The van der Waals surface area contributed by atoms with Crippen molar-refractivity contribution >= 4 is 0 Å². The normalized spacial score (nSPS) is 48.6. The quantitative estimate of drug-likeness (QED) is 0.446. The molecule has 1 aliphatic carbocycles. The monoisotopic (exact) mass is 124 g/mol. The molecule has 2 aliphatic rings. The van der Waals surface area contributed by atoms with Gasteiger partial charge in [0.05, 0.1) is 6.61 Å². The van der Waals surface area contributed by atoms with Crippen molar-refractivity contribution < 1.29 is 4.74 Å². The van der Waals surface area contributed by atoms with Gasteiger partial charge in [-0.1, -0.05) is 19.1 Å². The van der Waals surface area contributed by atoms with Crippen LogP contribution in [0.2, 0.25) is 0 Å². The van der Waals surface area contributed by atoms with Crippen LogP contribution in [-0.4, -0.2) is 13.2 Å². The third kappa shape index (κ3) is 0.531. The Kier molecular flexibility index (Phi) is 0.854. The van der Waals surface area contributed by atoms with Crippen LogP contribution in [0.1, 0.15) is 13.3 Å². The Morgan fingerprint density at radius 1 is 1.78 bits per heavy atom. The first kappa shape index (κ1) is 5.48. The van der Waals surface area contributed by atoms with Crippen molar-refractivity contribution in [2.45, 2.75) is 13.3 Å². The molecule has 9 heavy (non-hydrogen) atoms. The highest BCUT2D eigenvalue weighted by Gasteiger charge is 2.55. The fourth-order valence-electron chi connectivity index (χ4n) is 1.76. The number of hydrogen-bond acceptors (Lipinski definition) is 1. The summed E-state index contributed by atoms with van der Waals surface area (Å²) in [6.07, 6.45) is 1.19. The lowest BCUT2D eigenvalue weighted by molar-refractivity contribution is 0.0667. The van der Waals surface area contributed by atoms with E-state index in [4.69, 9.17) is 4.74 Å². The Morgan fingerprint density at radius 2 is 2.56 bits per heavy atom. The van der Waals surface area contributed by atoms with Crippen molar-refractivity contribution in [3.63, 3.8) is 0 Å². The molecular weight excluding hydrogens is 112 g/mol. The van der Waals surface area contributed by atoms with E-state index < -0.39 is 0 Å². The molecule has 0 spiro atoms. The molecule has 1 heterocycles. The molecule has 0 unspecified atom stereocenters. The molecule has 0 bridgehead atoms. The first-order chi connectivity index (χ1) is 4.25. The average Bonchev–Trinajstić information content (AvgIpc) is 2.38. The summed E-state index contributed by atoms with van der Waals surface area (Å²) in [5, 5.41) is 0. The van der Waals surface area contributed by atoms with Crippen LogP contribution in [0.5, 0.6) is 0 Å². The SMILES string of the molecule is C=C1[C@H]2COCC[C@@]12C. The molecule has 0 aromatic carbocycles. The van der Waals surface area contributed by atoms with Gasteiger partial charge in [-0.25, -0.2) is 0 Å². The van der Waals surface area contributed by atoms with E-state index in [1.54, 1.807) is 0 Å². The summed E-state index contributed by atoms with van der Waals surface area (Å²) in [4.78, 5) is 0. The molecular formula is C8H12O. The predicted molar refractivity (Wildman–Crippen MR) is 36.2 cm³/mol. The lowest BCUT2D eigenvalue weighted by Gasteiger charge is -2.15. The van der Waals surface area contributed by atoms with Crippen molar-refractivity contribution in [1.29, 1.82) is 0 Å². The van der Waals surface area contributed by atoms with Crippen LogP contribution in [0.4, 0.5) is 0 Å². The maximum absolute atomic E-state index is 5.30. The van der Waals surface area contributed by atoms with Crippen LogP contribution in [0.25, 0.3) is 0 Å². The van der Waals surface area contributed by atoms with Crippen molar-refractivity contribution in [2.75, 3.05) is 13.2 Å². The van der Waals surface area contributed by atoms with E-state index in [1.165, 1.54) is 12.0 Å². The molecule has 0 N–H and O–H groups in total. The fourth-order valence-corrected chi connectivity index (χ4v) is 1.76. The molecule has 1 saturated heterocycles. The first-order valence-electron chi connectivity index (χ1n) is 3.52. The van der Waals surface area contributed by atoms with Gasteiger partial charge in [0.15, 0.2) is 0 Å². The Morgan fingerprint density at radius 3 is 3.00 bits per heavy atom. The van der Waals surface area contributed by atoms with Crippen LogP contribution in [0.3, 0.4) is 0 Å². The van der Waals surface area contributed by atoms with Crippen LogP contribution >= 0.6 is 0 Å². The number of ether oxygens (including phenoxy) is 1. The molecule has 0 aromatic heterocycles. The number of fused-ring (bicyclic) bond motifs is 1. The number of hydrogen-bond donors (Lipinski definition) is 0. The van der Waals surface area contributed by atoms with Gasteiger partial charge in [-0.2, -0.15) is 0 Å². The second-order valence-corrected chi connectivity index (χ2v) is 3.32. The molecule has 0 amide bonds. The molecule has 2 atom stereocenters. The highest BCUT2D eigenvalue weighted by molar-refractivity contribution is 5.35. The standard InChI is InChI=1S/C8H12O/c1-6-7-5-9-4-3-8(6,7)2/h7H,1,3-5H2,2H3/t7-,8+/m1/s1. The highest BCUT2D eigenvalue weighted by atomic mass is 16.5. The van der Waals surface area contributed by atoms with E-state index in [0.717, 1.165) is 13.2 Å². The zero-order valence-corrected chi connectivity index (χ0v) is 5.81. The lowest BCUT2D eigenvalue weighted by atomic mass is 10.0. The molecule has 0 aromatic rings. The Balaban J connectivity index is 2.18. The molecule has 50 valence electrons. The minimum absolute atomic E-state index is 0.484. The predicted octanol–water partition coefficient (Wildman–Crippen LogP) is 1.60. The van der Waals surface area contributed by atoms with Crippen molar-refractivity contribution in [3.05, 3.63) is 12.2 Å². The largest absolute Gasteiger partial charge is 0.381 e. The van der Waals surface area contributed by atoms with Crippen LogP contribution in [0, 0.1) is 11.3 Å². The van der Waals surface area contributed by atoms with E-state index in [9.17, 15) is 0 Å². The van der Waals surface area contributed by atoms with Crippen LogP contribution < -0.4 is 0 Å². The zero-order valence-electron chi connectivity index (χ0n) is 5.81. The van der Waals surface area contributed by atoms with Crippen molar-refractivity contribution in [3.8, 4) is 0 Å². The fraction of sp³-hybridized carbons (Fsp3) is 0.750. The Hall–Kier alpha value is -0.300. The van der Waals surface area contributed by atoms with E-state index in [0.29, 0.717) is 11.3 Å². The molecule has 1 aliphatic heterocycles. The van der Waals surface area contributed by atoms with E-state index >= 15 is 0 Å². The average molecular weight is 124 g/mol. The van der Waals surface area contributed by atoms with Gasteiger partial charge in [0.2, 0.25) is 0 Å². The number of rotatable bonds is 0. The summed E-state index contributed by atoms with van der Waals surface area (Å²) in [6.45, 7) is 8.16. The lowest BCUT2D eigenvalue weighted by Crippen LogP contribution is -2.14. The third-order valence-electron chi connectivity index (χ3n) is 2.89. The van der Waals surface area contributed by atoms with Gasteiger partial charge in [-0.3, -0.25) is 0 Å². The summed E-state index contributed by atoms with van der Waals surface area (Å²) >= 11 is 0. The summed E-state index contributed by atoms with van der Waals surface area (Å²) in [7, 11) is 0. The van der Waals surface area contributed by atoms with Crippen molar-refractivity contribution in [2.24, 2.45) is 11.3 Å². The second-order valence-electron chi connectivity index (χ2n) is 3.32. The van der Waals surface area contributed by atoms with Gasteiger partial charge in [0.1, 0.15) is 0 Å². The van der Waals surface area contributed by atoms with Gasteiger partial charge in [-0.05, 0) is 11.8 Å².